The average molecular weight is 259 g/mol. The van der Waals surface area contributed by atoms with Crippen molar-refractivity contribution in [2.75, 3.05) is 0 Å². The van der Waals surface area contributed by atoms with Gasteiger partial charge in [-0.05, 0) is 55.7 Å². The van der Waals surface area contributed by atoms with Crippen molar-refractivity contribution >= 4 is 0 Å². The molecule has 0 saturated heterocycles. The maximum absolute atomic E-state index is 6.14. The first-order chi connectivity index (χ1) is 9.11. The molecule has 1 aromatic carbocycles. The largest absolute Gasteiger partial charge is 0.481 e. The molecule has 2 rings (SSSR count). The van der Waals surface area contributed by atoms with Crippen molar-refractivity contribution in [1.82, 2.24) is 0 Å². The van der Waals surface area contributed by atoms with Crippen molar-refractivity contribution in [2.24, 2.45) is 5.73 Å². The van der Waals surface area contributed by atoms with Gasteiger partial charge in [-0.3, -0.25) is 0 Å². The number of furan rings is 1. The van der Waals surface area contributed by atoms with Crippen molar-refractivity contribution in [3.05, 3.63) is 53.5 Å². The standard InChI is InChI=1S/C16H21NO2/c1-4-14(17)16(15-6-5-9-18-15)19-13-8-7-11(2)12(3)10-13/h5-10,14,16H,4,17H2,1-3H3. The highest BCUT2D eigenvalue weighted by atomic mass is 16.5. The van der Waals surface area contributed by atoms with Crippen molar-refractivity contribution < 1.29 is 9.15 Å². The van der Waals surface area contributed by atoms with Crippen molar-refractivity contribution in [2.45, 2.75) is 39.3 Å². The molecule has 0 radical (unpaired) electrons. The number of aryl methyl sites for hydroxylation is 2. The van der Waals surface area contributed by atoms with E-state index in [4.69, 9.17) is 14.9 Å². The molecule has 0 spiro atoms. The first-order valence-corrected chi connectivity index (χ1v) is 6.64. The molecule has 0 aliphatic carbocycles. The molecule has 2 N–H and O–H groups in total. The van der Waals surface area contributed by atoms with Crippen LogP contribution in [0.5, 0.6) is 5.75 Å². The molecule has 0 bridgehead atoms. The van der Waals surface area contributed by atoms with Crippen molar-refractivity contribution in [3.63, 3.8) is 0 Å². The van der Waals surface area contributed by atoms with Crippen LogP contribution in [0.1, 0.15) is 36.3 Å². The fourth-order valence-electron chi connectivity index (χ4n) is 1.96. The van der Waals surface area contributed by atoms with E-state index in [1.807, 2.05) is 31.2 Å². The minimum absolute atomic E-state index is 0.0900. The summed E-state index contributed by atoms with van der Waals surface area (Å²) in [7, 11) is 0. The van der Waals surface area contributed by atoms with E-state index in [1.54, 1.807) is 6.26 Å². The second-order valence-corrected chi connectivity index (χ2v) is 4.87. The van der Waals surface area contributed by atoms with Gasteiger partial charge in [0.1, 0.15) is 11.5 Å². The quantitative estimate of drug-likeness (QED) is 0.889. The molecule has 3 nitrogen and oxygen atoms in total. The number of rotatable bonds is 5. The molecule has 102 valence electrons. The van der Waals surface area contributed by atoms with E-state index >= 15 is 0 Å². The number of nitrogens with two attached hydrogens (primary N) is 1. The lowest BCUT2D eigenvalue weighted by Crippen LogP contribution is -2.31. The topological polar surface area (TPSA) is 48.4 Å². The van der Waals surface area contributed by atoms with Crippen LogP contribution in [0.2, 0.25) is 0 Å². The van der Waals surface area contributed by atoms with Gasteiger partial charge in [-0.15, -0.1) is 0 Å². The first-order valence-electron chi connectivity index (χ1n) is 6.64. The zero-order valence-electron chi connectivity index (χ0n) is 11.7. The summed E-state index contributed by atoms with van der Waals surface area (Å²) in [6.07, 6.45) is 2.23. The number of ether oxygens (including phenoxy) is 1. The molecule has 2 aromatic rings. The van der Waals surface area contributed by atoms with Gasteiger partial charge in [-0.2, -0.15) is 0 Å². The number of hydrogen-bond acceptors (Lipinski definition) is 3. The summed E-state index contributed by atoms with van der Waals surface area (Å²) in [5, 5.41) is 0. The van der Waals surface area contributed by atoms with Crippen LogP contribution in [-0.4, -0.2) is 6.04 Å². The fraction of sp³-hybridized carbons (Fsp3) is 0.375. The SMILES string of the molecule is CCC(N)C(Oc1ccc(C)c(C)c1)c1ccco1. The second kappa shape index (κ2) is 5.93. The molecule has 0 aliphatic heterocycles. The Kier molecular flexibility index (Phi) is 4.27. The van der Waals surface area contributed by atoms with Gasteiger partial charge >= 0.3 is 0 Å². The highest BCUT2D eigenvalue weighted by Crippen LogP contribution is 2.27. The lowest BCUT2D eigenvalue weighted by Gasteiger charge is -2.22. The third-order valence-corrected chi connectivity index (χ3v) is 3.43. The third kappa shape index (κ3) is 3.18. The summed E-state index contributed by atoms with van der Waals surface area (Å²) in [5.41, 5.74) is 8.60. The summed E-state index contributed by atoms with van der Waals surface area (Å²) in [4.78, 5) is 0. The molecule has 0 amide bonds. The maximum Gasteiger partial charge on any atom is 0.171 e. The second-order valence-electron chi connectivity index (χ2n) is 4.87. The monoisotopic (exact) mass is 259 g/mol. The smallest absolute Gasteiger partial charge is 0.171 e. The normalized spacial score (nSPS) is 14.1. The van der Waals surface area contributed by atoms with E-state index in [-0.39, 0.29) is 12.1 Å². The van der Waals surface area contributed by atoms with Crippen LogP contribution in [0.25, 0.3) is 0 Å². The van der Waals surface area contributed by atoms with Gasteiger partial charge in [0.15, 0.2) is 6.10 Å². The van der Waals surface area contributed by atoms with E-state index in [1.165, 1.54) is 11.1 Å². The van der Waals surface area contributed by atoms with Crippen LogP contribution >= 0.6 is 0 Å². The number of hydrogen-bond donors (Lipinski definition) is 1. The zero-order chi connectivity index (χ0) is 13.8. The first kappa shape index (κ1) is 13.7. The molecule has 3 heteroatoms. The van der Waals surface area contributed by atoms with E-state index in [0.717, 1.165) is 17.9 Å². The van der Waals surface area contributed by atoms with Crippen LogP contribution in [-0.2, 0) is 0 Å². The summed E-state index contributed by atoms with van der Waals surface area (Å²) >= 11 is 0. The Hall–Kier alpha value is -1.74. The Morgan fingerprint density at radius 2 is 2.00 bits per heavy atom. The molecular formula is C16H21NO2. The van der Waals surface area contributed by atoms with Gasteiger partial charge in [0.25, 0.3) is 0 Å². The molecule has 19 heavy (non-hydrogen) atoms. The lowest BCUT2D eigenvalue weighted by molar-refractivity contribution is 0.144. The van der Waals surface area contributed by atoms with E-state index in [2.05, 4.69) is 19.9 Å². The molecule has 1 heterocycles. The van der Waals surface area contributed by atoms with Crippen LogP contribution in [0.4, 0.5) is 0 Å². The van der Waals surface area contributed by atoms with Gasteiger partial charge < -0.3 is 14.9 Å². The van der Waals surface area contributed by atoms with Crippen LogP contribution < -0.4 is 10.5 Å². The Morgan fingerprint density at radius 3 is 2.58 bits per heavy atom. The molecule has 0 aliphatic rings. The summed E-state index contributed by atoms with van der Waals surface area (Å²) < 4.78 is 11.5. The zero-order valence-corrected chi connectivity index (χ0v) is 11.7. The summed E-state index contributed by atoms with van der Waals surface area (Å²) in [6, 6.07) is 9.73. The van der Waals surface area contributed by atoms with Crippen LogP contribution in [0.15, 0.2) is 41.0 Å². The molecule has 1 aromatic heterocycles. The Balaban J connectivity index is 2.23. The minimum Gasteiger partial charge on any atom is -0.481 e. The van der Waals surface area contributed by atoms with E-state index in [0.29, 0.717) is 0 Å². The highest BCUT2D eigenvalue weighted by Gasteiger charge is 2.23. The molecule has 2 unspecified atom stereocenters. The predicted molar refractivity (Wildman–Crippen MR) is 76.3 cm³/mol. The predicted octanol–water partition coefficient (Wildman–Crippen LogP) is 3.75. The lowest BCUT2D eigenvalue weighted by atomic mass is 10.1. The van der Waals surface area contributed by atoms with Crippen LogP contribution in [0, 0.1) is 13.8 Å². The van der Waals surface area contributed by atoms with Gasteiger partial charge in [0.2, 0.25) is 0 Å². The fourth-order valence-corrected chi connectivity index (χ4v) is 1.96. The van der Waals surface area contributed by atoms with Gasteiger partial charge in [0, 0.05) is 6.04 Å². The Morgan fingerprint density at radius 1 is 1.21 bits per heavy atom. The third-order valence-electron chi connectivity index (χ3n) is 3.43. The van der Waals surface area contributed by atoms with E-state index in [9.17, 15) is 0 Å². The molecule has 0 saturated carbocycles. The molecule has 0 fully saturated rings. The number of benzene rings is 1. The molecular weight excluding hydrogens is 238 g/mol. The molecule has 2 atom stereocenters. The minimum atomic E-state index is -0.248. The van der Waals surface area contributed by atoms with Gasteiger partial charge in [-0.25, -0.2) is 0 Å². The van der Waals surface area contributed by atoms with E-state index < -0.39 is 0 Å². The van der Waals surface area contributed by atoms with Crippen molar-refractivity contribution in [3.8, 4) is 5.75 Å². The summed E-state index contributed by atoms with van der Waals surface area (Å²) in [6.45, 7) is 6.20. The summed E-state index contributed by atoms with van der Waals surface area (Å²) in [5.74, 6) is 1.60. The Bertz CT molecular complexity index is 520. The Labute approximate surface area is 114 Å². The van der Waals surface area contributed by atoms with Gasteiger partial charge in [0.05, 0.1) is 6.26 Å². The van der Waals surface area contributed by atoms with Crippen molar-refractivity contribution in [1.29, 1.82) is 0 Å². The maximum atomic E-state index is 6.14. The van der Waals surface area contributed by atoms with Crippen LogP contribution in [0.3, 0.4) is 0 Å². The average Bonchev–Trinajstić information content (AvgIpc) is 2.93. The van der Waals surface area contributed by atoms with Gasteiger partial charge in [-0.1, -0.05) is 13.0 Å². The highest BCUT2D eigenvalue weighted by molar-refractivity contribution is 5.34.